The van der Waals surface area contributed by atoms with E-state index in [0.717, 1.165) is 37.1 Å². The lowest BCUT2D eigenvalue weighted by atomic mass is 9.92. The molecular weight excluding hydrogens is 228 g/mol. The van der Waals surface area contributed by atoms with Crippen LogP contribution in [0.15, 0.2) is 16.7 Å². The highest BCUT2D eigenvalue weighted by molar-refractivity contribution is 5.86. The van der Waals surface area contributed by atoms with Gasteiger partial charge in [0.2, 0.25) is 5.91 Å². The topological polar surface area (TPSA) is 45.5 Å². The molecule has 0 radical (unpaired) electrons. The van der Waals surface area contributed by atoms with E-state index in [1.165, 1.54) is 0 Å². The first-order chi connectivity index (χ1) is 8.59. The molecule has 2 rings (SSSR count). The predicted octanol–water partition coefficient (Wildman–Crippen LogP) is 2.08. The molecule has 1 aromatic rings. The third-order valence-corrected chi connectivity index (χ3v) is 3.98. The summed E-state index contributed by atoms with van der Waals surface area (Å²) in [6.07, 6.45) is 4.54. The van der Waals surface area contributed by atoms with Gasteiger partial charge < -0.3 is 14.6 Å². The van der Waals surface area contributed by atoms with Gasteiger partial charge in [-0.1, -0.05) is 6.92 Å². The van der Waals surface area contributed by atoms with Crippen LogP contribution in [0.5, 0.6) is 0 Å². The quantitative estimate of drug-likeness (QED) is 0.890. The number of carbonyl (C=O) groups is 1. The molecule has 2 heterocycles. The van der Waals surface area contributed by atoms with Gasteiger partial charge in [-0.3, -0.25) is 4.79 Å². The minimum absolute atomic E-state index is 0.197. The maximum atomic E-state index is 12.6. The van der Waals surface area contributed by atoms with E-state index >= 15 is 0 Å². The summed E-state index contributed by atoms with van der Waals surface area (Å²) in [6, 6.07) is 1.93. The van der Waals surface area contributed by atoms with Gasteiger partial charge in [-0.25, -0.2) is 0 Å². The molecule has 1 aliphatic heterocycles. The minimum atomic E-state index is -0.341. The van der Waals surface area contributed by atoms with Crippen LogP contribution in [-0.4, -0.2) is 29.9 Å². The standard InChI is InChI=1S/C14H22N2O2/c1-4-14(7-5-8-15-14)13(17)16(3)10-12-6-9-18-11(12)2/h6,9,15H,4-5,7-8,10H2,1-3H3. The summed E-state index contributed by atoms with van der Waals surface area (Å²) in [4.78, 5) is 14.4. The van der Waals surface area contributed by atoms with Crippen molar-refractivity contribution in [2.75, 3.05) is 13.6 Å². The van der Waals surface area contributed by atoms with Crippen molar-refractivity contribution >= 4 is 5.91 Å². The van der Waals surface area contributed by atoms with Crippen LogP contribution in [0.3, 0.4) is 0 Å². The summed E-state index contributed by atoms with van der Waals surface area (Å²) < 4.78 is 5.27. The molecule has 0 aliphatic carbocycles. The molecule has 1 N–H and O–H groups in total. The van der Waals surface area contributed by atoms with E-state index in [9.17, 15) is 4.79 Å². The van der Waals surface area contributed by atoms with Gasteiger partial charge in [0.05, 0.1) is 11.8 Å². The first-order valence-electron chi connectivity index (χ1n) is 6.62. The van der Waals surface area contributed by atoms with Gasteiger partial charge in [0.25, 0.3) is 0 Å². The summed E-state index contributed by atoms with van der Waals surface area (Å²) in [5.41, 5.74) is 0.738. The van der Waals surface area contributed by atoms with Gasteiger partial charge in [0.1, 0.15) is 5.76 Å². The Labute approximate surface area is 108 Å². The zero-order valence-corrected chi connectivity index (χ0v) is 11.5. The van der Waals surface area contributed by atoms with Crippen LogP contribution in [0.1, 0.15) is 37.5 Å². The molecule has 1 fully saturated rings. The highest BCUT2D eigenvalue weighted by Crippen LogP contribution is 2.26. The van der Waals surface area contributed by atoms with Crippen LogP contribution in [0.2, 0.25) is 0 Å². The number of aryl methyl sites for hydroxylation is 1. The third kappa shape index (κ3) is 2.29. The van der Waals surface area contributed by atoms with E-state index in [0.29, 0.717) is 6.54 Å². The van der Waals surface area contributed by atoms with Gasteiger partial charge in [-0.05, 0) is 38.8 Å². The zero-order chi connectivity index (χ0) is 13.2. The molecule has 4 nitrogen and oxygen atoms in total. The first-order valence-corrected chi connectivity index (χ1v) is 6.62. The highest BCUT2D eigenvalue weighted by Gasteiger charge is 2.40. The zero-order valence-electron chi connectivity index (χ0n) is 11.5. The van der Waals surface area contributed by atoms with E-state index in [1.54, 1.807) is 11.2 Å². The Morgan fingerprint density at radius 2 is 2.39 bits per heavy atom. The highest BCUT2D eigenvalue weighted by atomic mass is 16.3. The fourth-order valence-electron chi connectivity index (χ4n) is 2.71. The van der Waals surface area contributed by atoms with Crippen molar-refractivity contribution in [2.24, 2.45) is 0 Å². The largest absolute Gasteiger partial charge is 0.469 e. The molecule has 1 saturated heterocycles. The van der Waals surface area contributed by atoms with Crippen molar-refractivity contribution in [3.8, 4) is 0 Å². The molecule has 0 saturated carbocycles. The summed E-state index contributed by atoms with van der Waals surface area (Å²) >= 11 is 0. The van der Waals surface area contributed by atoms with Gasteiger partial charge in [0.15, 0.2) is 0 Å². The second-order valence-electron chi connectivity index (χ2n) is 5.13. The smallest absolute Gasteiger partial charge is 0.242 e. The van der Waals surface area contributed by atoms with Gasteiger partial charge in [-0.15, -0.1) is 0 Å². The second-order valence-corrected chi connectivity index (χ2v) is 5.13. The average Bonchev–Trinajstić information content (AvgIpc) is 2.99. The monoisotopic (exact) mass is 250 g/mol. The van der Waals surface area contributed by atoms with Crippen LogP contribution in [-0.2, 0) is 11.3 Å². The predicted molar refractivity (Wildman–Crippen MR) is 70.2 cm³/mol. The molecule has 0 aromatic carbocycles. The molecule has 4 heteroatoms. The molecule has 0 bridgehead atoms. The van der Waals surface area contributed by atoms with Crippen molar-refractivity contribution < 1.29 is 9.21 Å². The molecule has 1 aromatic heterocycles. The Kier molecular flexibility index (Phi) is 3.76. The summed E-state index contributed by atoms with van der Waals surface area (Å²) in [5, 5.41) is 3.38. The minimum Gasteiger partial charge on any atom is -0.469 e. The van der Waals surface area contributed by atoms with Crippen molar-refractivity contribution in [3.63, 3.8) is 0 Å². The molecule has 1 unspecified atom stereocenters. The van der Waals surface area contributed by atoms with Crippen molar-refractivity contribution in [1.29, 1.82) is 0 Å². The molecule has 0 spiro atoms. The van der Waals surface area contributed by atoms with Crippen LogP contribution in [0.25, 0.3) is 0 Å². The number of furan rings is 1. The number of likely N-dealkylation sites (N-methyl/N-ethyl adjacent to an activating group) is 1. The van der Waals surface area contributed by atoms with Gasteiger partial charge in [0, 0.05) is 19.2 Å². The average molecular weight is 250 g/mol. The van der Waals surface area contributed by atoms with E-state index in [4.69, 9.17) is 4.42 Å². The maximum absolute atomic E-state index is 12.6. The molecular formula is C14H22N2O2. The Morgan fingerprint density at radius 3 is 2.89 bits per heavy atom. The maximum Gasteiger partial charge on any atom is 0.242 e. The van der Waals surface area contributed by atoms with Gasteiger partial charge >= 0.3 is 0 Å². The molecule has 100 valence electrons. The Balaban J connectivity index is 2.06. The summed E-state index contributed by atoms with van der Waals surface area (Å²) in [7, 11) is 1.87. The summed E-state index contributed by atoms with van der Waals surface area (Å²) in [6.45, 7) is 5.56. The molecule has 1 aliphatic rings. The van der Waals surface area contributed by atoms with Crippen molar-refractivity contribution in [3.05, 3.63) is 23.7 Å². The fourth-order valence-corrected chi connectivity index (χ4v) is 2.71. The number of nitrogens with zero attached hydrogens (tertiary/aromatic N) is 1. The number of rotatable bonds is 4. The van der Waals surface area contributed by atoms with Crippen molar-refractivity contribution in [1.82, 2.24) is 10.2 Å². The number of amides is 1. The number of hydrogen-bond acceptors (Lipinski definition) is 3. The Bertz CT molecular complexity index is 419. The number of hydrogen-bond donors (Lipinski definition) is 1. The van der Waals surface area contributed by atoms with E-state index in [1.807, 2.05) is 20.0 Å². The lowest BCUT2D eigenvalue weighted by Gasteiger charge is -2.31. The fraction of sp³-hybridized carbons (Fsp3) is 0.643. The SMILES string of the molecule is CCC1(C(=O)N(C)Cc2ccoc2C)CCCN1. The summed E-state index contributed by atoms with van der Waals surface area (Å²) in [5.74, 6) is 1.09. The van der Waals surface area contributed by atoms with Gasteiger partial charge in [-0.2, -0.15) is 0 Å². The second kappa shape index (κ2) is 5.14. The Hall–Kier alpha value is -1.29. The number of carbonyl (C=O) groups excluding carboxylic acids is 1. The first kappa shape index (κ1) is 13.1. The molecule has 18 heavy (non-hydrogen) atoms. The number of nitrogens with one attached hydrogen (secondary N) is 1. The van der Waals surface area contributed by atoms with E-state index < -0.39 is 0 Å². The molecule has 1 atom stereocenters. The van der Waals surface area contributed by atoms with Crippen LogP contribution in [0.4, 0.5) is 0 Å². The van der Waals surface area contributed by atoms with Crippen LogP contribution < -0.4 is 5.32 Å². The van der Waals surface area contributed by atoms with Crippen LogP contribution >= 0.6 is 0 Å². The van der Waals surface area contributed by atoms with Crippen LogP contribution in [0, 0.1) is 6.92 Å². The van der Waals surface area contributed by atoms with E-state index in [-0.39, 0.29) is 11.4 Å². The molecule has 1 amide bonds. The third-order valence-electron chi connectivity index (χ3n) is 3.98. The van der Waals surface area contributed by atoms with Crippen molar-refractivity contribution in [2.45, 2.75) is 45.2 Å². The Morgan fingerprint density at radius 1 is 1.61 bits per heavy atom. The van der Waals surface area contributed by atoms with E-state index in [2.05, 4.69) is 12.2 Å². The lowest BCUT2D eigenvalue weighted by molar-refractivity contribution is -0.137. The lowest BCUT2D eigenvalue weighted by Crippen LogP contribution is -2.53. The normalized spacial score (nSPS) is 23.3.